The molecule has 0 saturated heterocycles. The molecule has 4 aromatic rings. The first kappa shape index (κ1) is 19.1. The van der Waals surface area contributed by atoms with Crippen LogP contribution in [0.25, 0.3) is 11.0 Å². The van der Waals surface area contributed by atoms with E-state index in [2.05, 4.69) is 0 Å². The van der Waals surface area contributed by atoms with Crippen LogP contribution in [0.2, 0.25) is 0 Å². The number of hydrogen-bond acceptors (Lipinski definition) is 6. The summed E-state index contributed by atoms with van der Waals surface area (Å²) in [5.41, 5.74) is 0.842. The van der Waals surface area contributed by atoms with E-state index < -0.39 is 10.5 Å². The highest BCUT2D eigenvalue weighted by Gasteiger charge is 2.20. The lowest BCUT2D eigenvalue weighted by Crippen LogP contribution is -2.03. The Morgan fingerprint density at radius 1 is 0.967 bits per heavy atom. The lowest BCUT2D eigenvalue weighted by atomic mass is 10.0. The SMILES string of the molecule is Cc1cc(=O)oc2cc(Oc3ccc(C(=O)c4ccccc4)cc3[N+](=O)[O-])ccc12. The first-order chi connectivity index (χ1) is 14.4. The summed E-state index contributed by atoms with van der Waals surface area (Å²) in [5.74, 6) is -0.0892. The van der Waals surface area contributed by atoms with Gasteiger partial charge in [-0.05, 0) is 36.8 Å². The zero-order valence-electron chi connectivity index (χ0n) is 15.8. The second kappa shape index (κ2) is 7.63. The maximum absolute atomic E-state index is 12.6. The van der Waals surface area contributed by atoms with Crippen LogP contribution >= 0.6 is 0 Å². The molecule has 30 heavy (non-hydrogen) atoms. The normalized spacial score (nSPS) is 10.7. The van der Waals surface area contributed by atoms with Crippen molar-refractivity contribution >= 4 is 22.4 Å². The summed E-state index contributed by atoms with van der Waals surface area (Å²) in [6.07, 6.45) is 0. The number of rotatable bonds is 5. The van der Waals surface area contributed by atoms with Crippen molar-refractivity contribution in [1.29, 1.82) is 0 Å². The fourth-order valence-corrected chi connectivity index (χ4v) is 3.14. The minimum atomic E-state index is -0.609. The largest absolute Gasteiger partial charge is 0.450 e. The van der Waals surface area contributed by atoms with E-state index in [0.717, 1.165) is 10.9 Å². The third-order valence-corrected chi connectivity index (χ3v) is 4.60. The standard InChI is InChI=1S/C23H15NO6/c1-14-11-22(25)30-21-13-17(8-9-18(14)21)29-20-10-7-16(12-19(20)24(27)28)23(26)15-5-3-2-4-6-15/h2-13H,1H3. The van der Waals surface area contributed by atoms with Crippen LogP contribution in [0.5, 0.6) is 11.5 Å². The van der Waals surface area contributed by atoms with Gasteiger partial charge in [0.2, 0.25) is 5.75 Å². The fraction of sp³-hybridized carbons (Fsp3) is 0.0435. The molecule has 1 heterocycles. The highest BCUT2D eigenvalue weighted by molar-refractivity contribution is 6.09. The van der Waals surface area contributed by atoms with Gasteiger partial charge >= 0.3 is 11.3 Å². The predicted molar refractivity (Wildman–Crippen MR) is 110 cm³/mol. The second-order valence-electron chi connectivity index (χ2n) is 6.64. The molecule has 0 radical (unpaired) electrons. The van der Waals surface area contributed by atoms with Gasteiger partial charge in [0.15, 0.2) is 5.78 Å². The summed E-state index contributed by atoms with van der Waals surface area (Å²) in [4.78, 5) is 35.2. The Morgan fingerprint density at radius 3 is 2.47 bits per heavy atom. The van der Waals surface area contributed by atoms with Gasteiger partial charge in [-0.15, -0.1) is 0 Å². The van der Waals surface area contributed by atoms with E-state index >= 15 is 0 Å². The van der Waals surface area contributed by atoms with Crippen LogP contribution in [0.3, 0.4) is 0 Å². The van der Waals surface area contributed by atoms with Crippen molar-refractivity contribution < 1.29 is 18.9 Å². The highest BCUT2D eigenvalue weighted by atomic mass is 16.6. The maximum atomic E-state index is 12.6. The number of nitrogens with zero attached hydrogens (tertiary/aromatic N) is 1. The minimum absolute atomic E-state index is 0.0287. The monoisotopic (exact) mass is 401 g/mol. The van der Waals surface area contributed by atoms with E-state index in [1.54, 1.807) is 49.4 Å². The van der Waals surface area contributed by atoms with Crippen LogP contribution in [-0.2, 0) is 0 Å². The topological polar surface area (TPSA) is 99.7 Å². The molecule has 7 nitrogen and oxygen atoms in total. The van der Waals surface area contributed by atoms with Crippen molar-refractivity contribution in [3.05, 3.63) is 110 Å². The molecule has 0 N–H and O–H groups in total. The van der Waals surface area contributed by atoms with Gasteiger partial charge in [0.1, 0.15) is 11.3 Å². The zero-order chi connectivity index (χ0) is 21.3. The van der Waals surface area contributed by atoms with E-state index in [1.807, 2.05) is 0 Å². The van der Waals surface area contributed by atoms with E-state index in [-0.39, 0.29) is 28.5 Å². The molecule has 0 aliphatic rings. The molecular formula is C23H15NO6. The first-order valence-electron chi connectivity index (χ1n) is 9.03. The zero-order valence-corrected chi connectivity index (χ0v) is 15.8. The molecule has 0 atom stereocenters. The van der Waals surface area contributed by atoms with Crippen molar-refractivity contribution in [2.24, 2.45) is 0 Å². The molecule has 7 heteroatoms. The molecule has 3 aromatic carbocycles. The summed E-state index contributed by atoms with van der Waals surface area (Å²) in [7, 11) is 0. The van der Waals surface area contributed by atoms with Gasteiger partial charge in [-0.25, -0.2) is 4.79 Å². The van der Waals surface area contributed by atoms with Gasteiger partial charge in [0.25, 0.3) is 0 Å². The Kier molecular flexibility index (Phi) is 4.85. The van der Waals surface area contributed by atoms with E-state index in [1.165, 1.54) is 30.3 Å². The van der Waals surface area contributed by atoms with Crippen molar-refractivity contribution in [3.8, 4) is 11.5 Å². The Labute approximate surface area is 170 Å². The quantitative estimate of drug-likeness (QED) is 0.201. The van der Waals surface area contributed by atoms with Gasteiger partial charge in [0, 0.05) is 34.7 Å². The number of carbonyl (C=O) groups excluding carboxylic acids is 1. The van der Waals surface area contributed by atoms with Crippen LogP contribution in [-0.4, -0.2) is 10.7 Å². The summed E-state index contributed by atoms with van der Waals surface area (Å²) >= 11 is 0. The molecule has 0 unspecified atom stereocenters. The summed E-state index contributed by atoms with van der Waals surface area (Å²) in [6, 6.07) is 18.8. The lowest BCUT2D eigenvalue weighted by Gasteiger charge is -2.09. The summed E-state index contributed by atoms with van der Waals surface area (Å²) in [5, 5.41) is 12.3. The van der Waals surface area contributed by atoms with E-state index in [9.17, 15) is 19.7 Å². The molecule has 0 aliphatic heterocycles. The molecule has 0 spiro atoms. The lowest BCUT2D eigenvalue weighted by molar-refractivity contribution is -0.385. The number of nitro groups is 1. The Hall–Kier alpha value is -4.26. The van der Waals surface area contributed by atoms with Crippen molar-refractivity contribution in [1.82, 2.24) is 0 Å². The molecule has 0 saturated carbocycles. The molecule has 148 valence electrons. The predicted octanol–water partition coefficient (Wildman–Crippen LogP) is 5.03. The third-order valence-electron chi connectivity index (χ3n) is 4.60. The van der Waals surface area contributed by atoms with Crippen LogP contribution in [0.15, 0.2) is 82.0 Å². The number of ether oxygens (including phenoxy) is 1. The molecule has 1 aromatic heterocycles. The molecule has 0 fully saturated rings. The van der Waals surface area contributed by atoms with Gasteiger partial charge in [-0.3, -0.25) is 14.9 Å². The summed E-state index contributed by atoms with van der Waals surface area (Å²) in [6.45, 7) is 1.78. The van der Waals surface area contributed by atoms with Gasteiger partial charge < -0.3 is 9.15 Å². The molecule has 0 amide bonds. The number of nitro benzene ring substituents is 1. The van der Waals surface area contributed by atoms with Crippen LogP contribution in [0.4, 0.5) is 5.69 Å². The van der Waals surface area contributed by atoms with E-state index in [0.29, 0.717) is 11.1 Å². The number of aryl methyl sites for hydroxylation is 1. The average molecular weight is 401 g/mol. The molecule has 0 aliphatic carbocycles. The second-order valence-corrected chi connectivity index (χ2v) is 6.64. The van der Waals surface area contributed by atoms with Crippen molar-refractivity contribution in [2.45, 2.75) is 6.92 Å². The highest BCUT2D eigenvalue weighted by Crippen LogP contribution is 2.34. The van der Waals surface area contributed by atoms with E-state index in [4.69, 9.17) is 9.15 Å². The number of fused-ring (bicyclic) bond motifs is 1. The summed E-state index contributed by atoms with van der Waals surface area (Å²) < 4.78 is 10.9. The Balaban J connectivity index is 1.71. The number of carbonyl (C=O) groups is 1. The van der Waals surface area contributed by atoms with Crippen LogP contribution in [0, 0.1) is 17.0 Å². The number of benzene rings is 3. The Morgan fingerprint density at radius 2 is 1.73 bits per heavy atom. The Bertz CT molecular complexity index is 1340. The number of ketones is 1. The molecule has 0 bridgehead atoms. The molecular weight excluding hydrogens is 386 g/mol. The van der Waals surface area contributed by atoms with Crippen LogP contribution < -0.4 is 10.4 Å². The third kappa shape index (κ3) is 3.68. The van der Waals surface area contributed by atoms with Crippen molar-refractivity contribution in [2.75, 3.05) is 0 Å². The van der Waals surface area contributed by atoms with Crippen LogP contribution in [0.1, 0.15) is 21.5 Å². The van der Waals surface area contributed by atoms with Gasteiger partial charge in [0.05, 0.1) is 4.92 Å². The molecule has 4 rings (SSSR count). The van der Waals surface area contributed by atoms with Gasteiger partial charge in [-0.1, -0.05) is 30.3 Å². The minimum Gasteiger partial charge on any atom is -0.450 e. The average Bonchev–Trinajstić information content (AvgIpc) is 2.73. The maximum Gasteiger partial charge on any atom is 0.336 e. The first-order valence-corrected chi connectivity index (χ1v) is 9.03. The van der Waals surface area contributed by atoms with Crippen molar-refractivity contribution in [3.63, 3.8) is 0 Å². The fourth-order valence-electron chi connectivity index (χ4n) is 3.14. The van der Waals surface area contributed by atoms with Gasteiger partial charge in [-0.2, -0.15) is 0 Å². The number of hydrogen-bond donors (Lipinski definition) is 0. The smallest absolute Gasteiger partial charge is 0.336 e.